The summed E-state index contributed by atoms with van der Waals surface area (Å²) in [6, 6.07) is 5.66. The lowest BCUT2D eigenvalue weighted by Crippen LogP contribution is -2.38. The quantitative estimate of drug-likeness (QED) is 0.409. The summed E-state index contributed by atoms with van der Waals surface area (Å²) in [5, 5.41) is 13.5. The van der Waals surface area contributed by atoms with Crippen molar-refractivity contribution in [2.24, 2.45) is 10.9 Å². The fraction of sp³-hybridized carbons (Fsp3) is 0.182. The first kappa shape index (κ1) is 13.5. The number of nitrogens with zero attached hydrogens (tertiary/aromatic N) is 1. The monoisotopic (exact) mass is 251 g/mol. The van der Waals surface area contributed by atoms with Gasteiger partial charge in [0.05, 0.1) is 5.71 Å². The lowest BCUT2D eigenvalue weighted by atomic mass is 10.1. The summed E-state index contributed by atoms with van der Waals surface area (Å²) >= 11 is 0. The first-order chi connectivity index (χ1) is 8.52. The zero-order chi connectivity index (χ0) is 13.5. The molecule has 96 valence electrons. The van der Waals surface area contributed by atoms with Crippen molar-refractivity contribution in [1.82, 2.24) is 5.32 Å². The highest BCUT2D eigenvalue weighted by Crippen LogP contribution is 2.12. The van der Waals surface area contributed by atoms with E-state index in [2.05, 4.69) is 5.16 Å². The van der Waals surface area contributed by atoms with E-state index in [1.807, 2.05) is 5.32 Å². The summed E-state index contributed by atoms with van der Waals surface area (Å²) in [7, 11) is 0. The highest BCUT2D eigenvalue weighted by molar-refractivity contribution is 5.98. The molecule has 1 rings (SSSR count). The highest BCUT2D eigenvalue weighted by Gasteiger charge is 2.05. The summed E-state index contributed by atoms with van der Waals surface area (Å²) in [5.74, 6) is -0.177. The second-order valence-corrected chi connectivity index (χ2v) is 3.41. The molecule has 0 atom stereocenters. The van der Waals surface area contributed by atoms with Gasteiger partial charge in [-0.2, -0.15) is 0 Å². The van der Waals surface area contributed by atoms with Crippen molar-refractivity contribution < 1.29 is 19.5 Å². The van der Waals surface area contributed by atoms with Crippen LogP contribution >= 0.6 is 0 Å². The van der Waals surface area contributed by atoms with E-state index in [0.717, 1.165) is 5.56 Å². The van der Waals surface area contributed by atoms with Gasteiger partial charge < -0.3 is 15.7 Å². The number of oxime groups is 1. The molecule has 1 aromatic rings. The number of primary amides is 1. The smallest absolute Gasteiger partial charge is 0.318 e. The van der Waals surface area contributed by atoms with Crippen molar-refractivity contribution in [2.45, 2.75) is 6.92 Å². The number of nitrogens with two attached hydrogens (primary N) is 1. The molecule has 0 saturated heterocycles. The van der Waals surface area contributed by atoms with Crippen molar-refractivity contribution in [2.75, 3.05) is 6.61 Å². The summed E-state index contributed by atoms with van der Waals surface area (Å²) < 4.78 is 5.11. The minimum atomic E-state index is -0.922. The fourth-order valence-electron chi connectivity index (χ4n) is 1.17. The first-order valence-corrected chi connectivity index (χ1v) is 5.04. The van der Waals surface area contributed by atoms with Crippen LogP contribution in [0.3, 0.4) is 0 Å². The Hall–Kier alpha value is -2.57. The number of ether oxygens (including phenoxy) is 1. The van der Waals surface area contributed by atoms with E-state index < -0.39 is 11.9 Å². The molecule has 4 N–H and O–H groups in total. The lowest BCUT2D eigenvalue weighted by Gasteiger charge is -2.06. The predicted molar refractivity (Wildman–Crippen MR) is 63.7 cm³/mol. The van der Waals surface area contributed by atoms with Crippen LogP contribution in [0.15, 0.2) is 29.4 Å². The molecular weight excluding hydrogens is 238 g/mol. The Balaban J connectivity index is 2.54. The Kier molecular flexibility index (Phi) is 4.67. The fourth-order valence-corrected chi connectivity index (χ4v) is 1.17. The molecule has 1 aromatic carbocycles. The number of amides is 3. The van der Waals surface area contributed by atoms with E-state index in [0.29, 0.717) is 11.5 Å². The Morgan fingerprint density at radius 3 is 2.50 bits per heavy atom. The van der Waals surface area contributed by atoms with Gasteiger partial charge in [-0.25, -0.2) is 4.79 Å². The van der Waals surface area contributed by atoms with E-state index in [9.17, 15) is 9.59 Å². The van der Waals surface area contributed by atoms with Gasteiger partial charge in [-0.05, 0) is 36.8 Å². The van der Waals surface area contributed by atoms with Gasteiger partial charge in [-0.3, -0.25) is 10.1 Å². The van der Waals surface area contributed by atoms with E-state index in [4.69, 9.17) is 15.7 Å². The average molecular weight is 251 g/mol. The first-order valence-electron chi connectivity index (χ1n) is 5.04. The largest absolute Gasteiger partial charge is 0.484 e. The van der Waals surface area contributed by atoms with Crippen LogP contribution in [0.5, 0.6) is 5.75 Å². The SMILES string of the molecule is C/C(=N\O)c1ccc(OCC(=O)NC(N)=O)cc1. The Labute approximate surface area is 103 Å². The molecule has 0 saturated carbocycles. The van der Waals surface area contributed by atoms with Crippen molar-refractivity contribution in [3.05, 3.63) is 29.8 Å². The number of urea groups is 1. The molecule has 0 bridgehead atoms. The van der Waals surface area contributed by atoms with Crippen LogP contribution in [0.1, 0.15) is 12.5 Å². The van der Waals surface area contributed by atoms with Crippen LogP contribution in [-0.2, 0) is 4.79 Å². The number of rotatable bonds is 4. The van der Waals surface area contributed by atoms with Crippen LogP contribution in [-0.4, -0.2) is 29.5 Å². The van der Waals surface area contributed by atoms with E-state index >= 15 is 0 Å². The van der Waals surface area contributed by atoms with Gasteiger partial charge in [0.15, 0.2) is 6.61 Å². The molecule has 3 amide bonds. The van der Waals surface area contributed by atoms with Crippen LogP contribution in [0, 0.1) is 0 Å². The molecule has 0 unspecified atom stereocenters. The lowest BCUT2D eigenvalue weighted by molar-refractivity contribution is -0.121. The maximum absolute atomic E-state index is 11.1. The van der Waals surface area contributed by atoms with Gasteiger partial charge >= 0.3 is 6.03 Å². The Bertz CT molecular complexity index is 468. The minimum Gasteiger partial charge on any atom is -0.484 e. The van der Waals surface area contributed by atoms with Crippen molar-refractivity contribution in [3.63, 3.8) is 0 Å². The molecule has 0 aliphatic carbocycles. The normalized spacial score (nSPS) is 10.8. The maximum Gasteiger partial charge on any atom is 0.318 e. The number of nitrogens with one attached hydrogen (secondary N) is 1. The number of carbonyl (C=O) groups is 2. The zero-order valence-electron chi connectivity index (χ0n) is 9.71. The summed E-state index contributed by atoms with van der Waals surface area (Å²) in [6.07, 6.45) is 0. The number of imide groups is 1. The molecule has 0 aliphatic heterocycles. The van der Waals surface area contributed by atoms with Gasteiger partial charge in [-0.15, -0.1) is 0 Å². The van der Waals surface area contributed by atoms with Crippen LogP contribution in [0.4, 0.5) is 4.79 Å². The van der Waals surface area contributed by atoms with Crippen LogP contribution < -0.4 is 15.8 Å². The van der Waals surface area contributed by atoms with Gasteiger partial charge in [0.1, 0.15) is 5.75 Å². The molecule has 0 spiro atoms. The van der Waals surface area contributed by atoms with Crippen molar-refractivity contribution in [3.8, 4) is 5.75 Å². The molecule has 7 heteroatoms. The standard InChI is InChI=1S/C11H13N3O4/c1-7(14-17)8-2-4-9(5-3-8)18-6-10(15)13-11(12)16/h2-5,17H,6H2,1H3,(H3,12,13,15,16)/b14-7+. The maximum atomic E-state index is 11.1. The van der Waals surface area contributed by atoms with Crippen molar-refractivity contribution in [1.29, 1.82) is 0 Å². The number of hydrogen-bond acceptors (Lipinski definition) is 5. The minimum absolute atomic E-state index is 0.310. The predicted octanol–water partition coefficient (Wildman–Crippen LogP) is 0.459. The van der Waals surface area contributed by atoms with Gasteiger partial charge in [0.25, 0.3) is 5.91 Å². The second-order valence-electron chi connectivity index (χ2n) is 3.41. The van der Waals surface area contributed by atoms with Crippen LogP contribution in [0.25, 0.3) is 0 Å². The second kappa shape index (κ2) is 6.24. The van der Waals surface area contributed by atoms with E-state index in [-0.39, 0.29) is 6.61 Å². The Morgan fingerprint density at radius 1 is 1.39 bits per heavy atom. The number of carbonyl (C=O) groups excluding carboxylic acids is 2. The van der Waals surface area contributed by atoms with Crippen LogP contribution in [0.2, 0.25) is 0 Å². The molecule has 18 heavy (non-hydrogen) atoms. The summed E-state index contributed by atoms with van der Waals surface area (Å²) in [5.41, 5.74) is 5.96. The molecule has 0 heterocycles. The number of benzene rings is 1. The third kappa shape index (κ3) is 4.12. The average Bonchev–Trinajstić information content (AvgIpc) is 2.35. The third-order valence-electron chi connectivity index (χ3n) is 2.05. The molecular formula is C11H13N3O4. The van der Waals surface area contributed by atoms with E-state index in [1.165, 1.54) is 0 Å². The molecule has 7 nitrogen and oxygen atoms in total. The number of hydrogen-bond donors (Lipinski definition) is 3. The van der Waals surface area contributed by atoms with Gasteiger partial charge in [0.2, 0.25) is 0 Å². The zero-order valence-corrected chi connectivity index (χ0v) is 9.71. The molecule has 0 fully saturated rings. The molecule has 0 aliphatic rings. The summed E-state index contributed by atoms with van der Waals surface area (Å²) in [6.45, 7) is 1.34. The highest BCUT2D eigenvalue weighted by atomic mass is 16.5. The molecule has 0 radical (unpaired) electrons. The summed E-state index contributed by atoms with van der Waals surface area (Å²) in [4.78, 5) is 21.4. The van der Waals surface area contributed by atoms with Crippen molar-refractivity contribution >= 4 is 17.6 Å². The van der Waals surface area contributed by atoms with E-state index in [1.54, 1.807) is 31.2 Å². The van der Waals surface area contributed by atoms with Gasteiger partial charge in [0, 0.05) is 0 Å². The van der Waals surface area contributed by atoms with Gasteiger partial charge in [-0.1, -0.05) is 5.16 Å². The Morgan fingerprint density at radius 2 is 2.00 bits per heavy atom. The topological polar surface area (TPSA) is 114 Å². The molecule has 0 aromatic heterocycles. The third-order valence-corrected chi connectivity index (χ3v) is 2.05.